The first-order chi connectivity index (χ1) is 10.1. The summed E-state index contributed by atoms with van der Waals surface area (Å²) in [5.41, 5.74) is -0.360. The van der Waals surface area contributed by atoms with Gasteiger partial charge < -0.3 is 19.9 Å². The maximum atomic E-state index is 12.1. The van der Waals surface area contributed by atoms with Crippen molar-refractivity contribution >= 4 is 23.6 Å². The summed E-state index contributed by atoms with van der Waals surface area (Å²) in [4.78, 5) is 23.5. The molecule has 0 aromatic heterocycles. The smallest absolute Gasteiger partial charge is 0.330 e. The van der Waals surface area contributed by atoms with E-state index in [2.05, 4.69) is 5.32 Å². The largest absolute Gasteiger partial charge is 0.479 e. The molecule has 0 radical (unpaired) electrons. The van der Waals surface area contributed by atoms with Gasteiger partial charge in [0.2, 0.25) is 12.7 Å². The van der Waals surface area contributed by atoms with Crippen LogP contribution >= 0.6 is 11.8 Å². The number of fused-ring (bicyclic) bond motifs is 1. The molecule has 1 saturated heterocycles. The number of ether oxygens (including phenoxy) is 2. The zero-order valence-corrected chi connectivity index (χ0v) is 12.1. The molecule has 0 saturated carbocycles. The number of amides is 1. The number of hydrogen-bond donors (Lipinski definition) is 2. The van der Waals surface area contributed by atoms with E-state index in [1.54, 1.807) is 30.0 Å². The Morgan fingerprint density at radius 1 is 1.33 bits per heavy atom. The van der Waals surface area contributed by atoms with E-state index in [0.717, 1.165) is 11.3 Å². The summed E-state index contributed by atoms with van der Waals surface area (Å²) < 4.78 is 10.5. The van der Waals surface area contributed by atoms with E-state index in [1.165, 1.54) is 0 Å². The summed E-state index contributed by atoms with van der Waals surface area (Å²) in [5, 5.41) is 12.0. The molecule has 1 atom stereocenters. The lowest BCUT2D eigenvalue weighted by Crippen LogP contribution is -2.55. The maximum Gasteiger partial charge on any atom is 0.330 e. The van der Waals surface area contributed by atoms with Gasteiger partial charge in [-0.2, -0.15) is 11.8 Å². The number of carbonyl (C=O) groups excluding carboxylic acids is 1. The van der Waals surface area contributed by atoms with Crippen molar-refractivity contribution in [3.63, 3.8) is 0 Å². The molecule has 3 rings (SSSR count). The molecule has 112 valence electrons. The minimum absolute atomic E-state index is 0.121. The molecule has 1 fully saturated rings. The lowest BCUT2D eigenvalue weighted by Gasteiger charge is -2.24. The highest BCUT2D eigenvalue weighted by molar-refractivity contribution is 7.99. The summed E-state index contributed by atoms with van der Waals surface area (Å²) in [7, 11) is 0. The van der Waals surface area contributed by atoms with Gasteiger partial charge in [0, 0.05) is 5.75 Å². The van der Waals surface area contributed by atoms with Gasteiger partial charge in [0.1, 0.15) is 5.54 Å². The molecular formula is C14H15NO5S. The lowest BCUT2D eigenvalue weighted by atomic mass is 9.98. The molecule has 2 heterocycles. The number of thioether (sulfide) groups is 1. The molecule has 6 nitrogen and oxygen atoms in total. The number of hydrogen-bond acceptors (Lipinski definition) is 5. The van der Waals surface area contributed by atoms with Gasteiger partial charge >= 0.3 is 5.97 Å². The van der Waals surface area contributed by atoms with Gasteiger partial charge in [0.05, 0.1) is 6.42 Å². The number of rotatable bonds is 4. The van der Waals surface area contributed by atoms with Crippen molar-refractivity contribution in [2.75, 3.05) is 18.3 Å². The number of carbonyl (C=O) groups is 2. The normalized spacial score (nSPS) is 23.0. The fourth-order valence-corrected chi connectivity index (χ4v) is 3.76. The monoisotopic (exact) mass is 309 g/mol. The summed E-state index contributed by atoms with van der Waals surface area (Å²) in [6, 6.07) is 5.28. The molecule has 2 N–H and O–H groups in total. The first kappa shape index (κ1) is 14.1. The third-order valence-electron chi connectivity index (χ3n) is 3.61. The van der Waals surface area contributed by atoms with E-state index in [-0.39, 0.29) is 19.1 Å². The van der Waals surface area contributed by atoms with Gasteiger partial charge in [-0.15, -0.1) is 0 Å². The average molecular weight is 309 g/mol. The average Bonchev–Trinajstić information content (AvgIpc) is 3.07. The summed E-state index contributed by atoms with van der Waals surface area (Å²) in [5.74, 6) is 1.18. The first-order valence-electron chi connectivity index (χ1n) is 6.60. The Kier molecular flexibility index (Phi) is 3.67. The second kappa shape index (κ2) is 5.48. The molecule has 1 aromatic carbocycles. The predicted molar refractivity (Wildman–Crippen MR) is 76.7 cm³/mol. The maximum absolute atomic E-state index is 12.1. The molecular weight excluding hydrogens is 294 g/mol. The van der Waals surface area contributed by atoms with Crippen LogP contribution in [-0.2, 0) is 16.0 Å². The molecule has 0 bridgehead atoms. The van der Waals surface area contributed by atoms with Crippen molar-refractivity contribution in [2.24, 2.45) is 0 Å². The molecule has 1 unspecified atom stereocenters. The van der Waals surface area contributed by atoms with Crippen LogP contribution in [0.25, 0.3) is 0 Å². The topological polar surface area (TPSA) is 84.9 Å². The highest BCUT2D eigenvalue weighted by Crippen LogP contribution is 2.33. The number of benzene rings is 1. The molecule has 0 aliphatic carbocycles. The van der Waals surface area contributed by atoms with Crippen molar-refractivity contribution in [3.05, 3.63) is 23.8 Å². The second-order valence-corrected chi connectivity index (χ2v) is 6.21. The van der Waals surface area contributed by atoms with Crippen LogP contribution in [0.3, 0.4) is 0 Å². The summed E-state index contributed by atoms with van der Waals surface area (Å²) in [6.07, 6.45) is 0.580. The van der Waals surface area contributed by atoms with Gasteiger partial charge in [-0.3, -0.25) is 4.79 Å². The Bertz CT molecular complexity index is 583. The zero-order chi connectivity index (χ0) is 14.9. The lowest BCUT2D eigenvalue weighted by molar-refractivity contribution is -0.146. The molecule has 1 amide bonds. The molecule has 2 aliphatic rings. The Hall–Kier alpha value is -1.89. The zero-order valence-electron chi connectivity index (χ0n) is 11.3. The second-order valence-electron chi connectivity index (χ2n) is 5.10. The van der Waals surface area contributed by atoms with Gasteiger partial charge in [0.15, 0.2) is 11.5 Å². The molecule has 0 spiro atoms. The van der Waals surface area contributed by atoms with E-state index < -0.39 is 11.5 Å². The fourth-order valence-electron chi connectivity index (χ4n) is 2.43. The summed E-state index contributed by atoms with van der Waals surface area (Å²) in [6.45, 7) is 0.185. The van der Waals surface area contributed by atoms with Crippen LogP contribution in [0.4, 0.5) is 0 Å². The number of carboxylic acid groups (broad SMARTS) is 1. The first-order valence-corrected chi connectivity index (χ1v) is 7.75. The van der Waals surface area contributed by atoms with Crippen LogP contribution in [-0.4, -0.2) is 40.8 Å². The number of aliphatic carboxylic acids is 1. The van der Waals surface area contributed by atoms with Gasteiger partial charge in [-0.25, -0.2) is 4.79 Å². The van der Waals surface area contributed by atoms with Crippen molar-refractivity contribution in [3.8, 4) is 11.5 Å². The standard InChI is InChI=1S/C14H15NO5S/c16-12(15-14(13(17)18)3-4-21-7-14)6-9-1-2-10-11(5-9)20-8-19-10/h1-2,5H,3-4,6-8H2,(H,15,16)(H,17,18). The Balaban J connectivity index is 1.67. The van der Waals surface area contributed by atoms with Crippen LogP contribution in [0.1, 0.15) is 12.0 Å². The summed E-state index contributed by atoms with van der Waals surface area (Å²) >= 11 is 1.54. The van der Waals surface area contributed by atoms with E-state index in [4.69, 9.17) is 9.47 Å². The third-order valence-corrected chi connectivity index (χ3v) is 4.80. The molecule has 7 heteroatoms. The van der Waals surface area contributed by atoms with E-state index in [1.807, 2.05) is 0 Å². The molecule has 21 heavy (non-hydrogen) atoms. The minimum atomic E-state index is -1.13. The quantitative estimate of drug-likeness (QED) is 0.864. The Morgan fingerprint density at radius 3 is 2.86 bits per heavy atom. The third kappa shape index (κ3) is 2.78. The van der Waals surface area contributed by atoms with Gasteiger partial charge in [-0.05, 0) is 29.9 Å². The van der Waals surface area contributed by atoms with Crippen molar-refractivity contribution in [1.82, 2.24) is 5.32 Å². The van der Waals surface area contributed by atoms with Crippen LogP contribution in [0.2, 0.25) is 0 Å². The number of carboxylic acids is 1. The van der Waals surface area contributed by atoms with E-state index in [0.29, 0.717) is 23.7 Å². The van der Waals surface area contributed by atoms with Crippen LogP contribution in [0.5, 0.6) is 11.5 Å². The van der Waals surface area contributed by atoms with Crippen molar-refractivity contribution < 1.29 is 24.2 Å². The fraction of sp³-hybridized carbons (Fsp3) is 0.429. The minimum Gasteiger partial charge on any atom is -0.479 e. The van der Waals surface area contributed by atoms with E-state index in [9.17, 15) is 14.7 Å². The van der Waals surface area contributed by atoms with Crippen molar-refractivity contribution in [2.45, 2.75) is 18.4 Å². The molecule has 2 aliphatic heterocycles. The van der Waals surface area contributed by atoms with E-state index >= 15 is 0 Å². The van der Waals surface area contributed by atoms with Crippen LogP contribution in [0, 0.1) is 0 Å². The Morgan fingerprint density at radius 2 is 2.14 bits per heavy atom. The van der Waals surface area contributed by atoms with Gasteiger partial charge in [0.25, 0.3) is 0 Å². The molecule has 1 aromatic rings. The van der Waals surface area contributed by atoms with Gasteiger partial charge in [-0.1, -0.05) is 6.07 Å². The van der Waals surface area contributed by atoms with Crippen LogP contribution in [0.15, 0.2) is 18.2 Å². The SMILES string of the molecule is O=C(Cc1ccc2c(c1)OCO2)NC1(C(=O)O)CCSC1. The highest BCUT2D eigenvalue weighted by Gasteiger charge is 2.43. The predicted octanol–water partition coefficient (Wildman–Crippen LogP) is 1.03. The highest BCUT2D eigenvalue weighted by atomic mass is 32.2. The van der Waals surface area contributed by atoms with Crippen LogP contribution < -0.4 is 14.8 Å². The van der Waals surface area contributed by atoms with Crippen molar-refractivity contribution in [1.29, 1.82) is 0 Å². The Labute approximate surface area is 125 Å². The number of nitrogens with one attached hydrogen (secondary N) is 1.